The van der Waals surface area contributed by atoms with Crippen molar-refractivity contribution in [3.8, 4) is 16.9 Å². The third kappa shape index (κ3) is 4.14. The van der Waals surface area contributed by atoms with Gasteiger partial charge in [-0.25, -0.2) is 9.59 Å². The summed E-state index contributed by atoms with van der Waals surface area (Å²) in [6.07, 6.45) is -0.728. The van der Waals surface area contributed by atoms with Crippen LogP contribution in [0.25, 0.3) is 11.1 Å². The van der Waals surface area contributed by atoms with Gasteiger partial charge in [0.05, 0.1) is 12.1 Å². The first-order valence-electron chi connectivity index (χ1n) is 10.6. The van der Waals surface area contributed by atoms with Crippen LogP contribution in [0.15, 0.2) is 66.7 Å². The molecule has 0 heterocycles. The number of carboxylic acid groups (broad SMARTS) is 1. The van der Waals surface area contributed by atoms with Crippen LogP contribution in [-0.2, 0) is 9.53 Å². The molecule has 7 heteroatoms. The Bertz CT molecular complexity index is 1150. The van der Waals surface area contributed by atoms with Crippen molar-refractivity contribution in [3.05, 3.63) is 88.4 Å². The van der Waals surface area contributed by atoms with Crippen molar-refractivity contribution < 1.29 is 24.2 Å². The van der Waals surface area contributed by atoms with Crippen LogP contribution in [0.3, 0.4) is 0 Å². The number of halogens is 1. The van der Waals surface area contributed by atoms with Gasteiger partial charge >= 0.3 is 12.1 Å². The first kappa shape index (κ1) is 22.7. The number of carbonyl (C=O) groups excluding carboxylic acids is 1. The standard InChI is InChI=1S/C26H24ClNO5/c1-3-28(24(25(29)30)23-21(27)13-8-14-22(23)32-2)26(31)33-15-20-18-11-6-4-9-16(18)17-10-5-7-12-19(17)20/h4-14,20,24H,3,15H2,1-2H3,(H,29,30). The van der Waals surface area contributed by atoms with E-state index >= 15 is 0 Å². The van der Waals surface area contributed by atoms with E-state index in [0.717, 1.165) is 27.2 Å². The summed E-state index contributed by atoms with van der Waals surface area (Å²) >= 11 is 6.32. The minimum Gasteiger partial charge on any atom is -0.496 e. The van der Waals surface area contributed by atoms with E-state index in [-0.39, 0.29) is 29.7 Å². The van der Waals surface area contributed by atoms with Crippen molar-refractivity contribution in [2.75, 3.05) is 20.3 Å². The number of carbonyl (C=O) groups is 2. The van der Waals surface area contributed by atoms with E-state index in [4.69, 9.17) is 21.1 Å². The smallest absolute Gasteiger partial charge is 0.410 e. The number of benzene rings is 3. The zero-order valence-electron chi connectivity index (χ0n) is 18.3. The van der Waals surface area contributed by atoms with E-state index < -0.39 is 18.1 Å². The lowest BCUT2D eigenvalue weighted by molar-refractivity contribution is -0.143. The van der Waals surface area contributed by atoms with Crippen LogP contribution in [0.1, 0.15) is 35.6 Å². The molecular weight excluding hydrogens is 442 g/mol. The zero-order valence-corrected chi connectivity index (χ0v) is 19.1. The molecule has 1 aliphatic carbocycles. The van der Waals surface area contributed by atoms with E-state index in [0.29, 0.717) is 5.75 Å². The monoisotopic (exact) mass is 465 g/mol. The Balaban J connectivity index is 1.61. The molecule has 1 unspecified atom stereocenters. The second kappa shape index (κ2) is 9.55. The van der Waals surface area contributed by atoms with Gasteiger partial charge in [0.25, 0.3) is 0 Å². The fourth-order valence-electron chi connectivity index (χ4n) is 4.47. The molecule has 0 aromatic heterocycles. The molecule has 1 aliphatic rings. The minimum atomic E-state index is -1.35. The van der Waals surface area contributed by atoms with Gasteiger partial charge in [-0.15, -0.1) is 0 Å². The second-order valence-electron chi connectivity index (χ2n) is 7.69. The van der Waals surface area contributed by atoms with E-state index in [9.17, 15) is 14.7 Å². The summed E-state index contributed by atoms with van der Waals surface area (Å²) in [5, 5.41) is 10.2. The maximum absolute atomic E-state index is 13.1. The Kier molecular flexibility index (Phi) is 6.56. The zero-order chi connectivity index (χ0) is 23.5. The van der Waals surface area contributed by atoms with Gasteiger partial charge in [-0.3, -0.25) is 4.90 Å². The van der Waals surface area contributed by atoms with Gasteiger partial charge in [-0.1, -0.05) is 66.2 Å². The predicted molar refractivity (Wildman–Crippen MR) is 126 cm³/mol. The highest BCUT2D eigenvalue weighted by molar-refractivity contribution is 6.31. The molecule has 0 fully saturated rings. The van der Waals surface area contributed by atoms with E-state index in [1.807, 2.05) is 36.4 Å². The van der Waals surface area contributed by atoms with Gasteiger partial charge in [-0.05, 0) is 41.3 Å². The van der Waals surface area contributed by atoms with Crippen LogP contribution in [-0.4, -0.2) is 42.3 Å². The van der Waals surface area contributed by atoms with Gasteiger partial charge in [0.1, 0.15) is 12.4 Å². The van der Waals surface area contributed by atoms with Gasteiger partial charge in [0.2, 0.25) is 0 Å². The molecule has 0 saturated carbocycles. The fourth-order valence-corrected chi connectivity index (χ4v) is 4.74. The Hall–Kier alpha value is -3.51. The van der Waals surface area contributed by atoms with Crippen molar-refractivity contribution in [1.82, 2.24) is 4.90 Å². The molecule has 0 radical (unpaired) electrons. The summed E-state index contributed by atoms with van der Waals surface area (Å²) in [6.45, 7) is 1.90. The largest absolute Gasteiger partial charge is 0.496 e. The molecule has 1 N–H and O–H groups in total. The number of fused-ring (bicyclic) bond motifs is 3. The average Bonchev–Trinajstić information content (AvgIpc) is 3.14. The number of likely N-dealkylation sites (N-methyl/N-ethyl adjacent to an activating group) is 1. The maximum Gasteiger partial charge on any atom is 0.410 e. The Morgan fingerprint density at radius 3 is 2.15 bits per heavy atom. The Morgan fingerprint density at radius 2 is 1.61 bits per heavy atom. The molecule has 3 aromatic carbocycles. The fraction of sp³-hybridized carbons (Fsp3) is 0.231. The third-order valence-electron chi connectivity index (χ3n) is 5.96. The highest BCUT2D eigenvalue weighted by Crippen LogP contribution is 2.44. The minimum absolute atomic E-state index is 0.0926. The molecule has 33 heavy (non-hydrogen) atoms. The molecule has 0 bridgehead atoms. The van der Waals surface area contributed by atoms with Crippen LogP contribution in [0, 0.1) is 0 Å². The van der Waals surface area contributed by atoms with Crippen LogP contribution >= 0.6 is 11.6 Å². The van der Waals surface area contributed by atoms with Crippen molar-refractivity contribution in [1.29, 1.82) is 0 Å². The maximum atomic E-state index is 13.1. The van der Waals surface area contributed by atoms with Crippen molar-refractivity contribution >= 4 is 23.7 Å². The normalized spacial score (nSPS) is 13.1. The quantitative estimate of drug-likeness (QED) is 0.481. The van der Waals surface area contributed by atoms with Gasteiger partial charge in [0.15, 0.2) is 6.04 Å². The number of nitrogens with zero attached hydrogens (tertiary/aromatic N) is 1. The Labute approximate surface area is 197 Å². The summed E-state index contributed by atoms with van der Waals surface area (Å²) in [7, 11) is 1.43. The molecule has 0 saturated heterocycles. The molecule has 0 aliphatic heterocycles. The summed E-state index contributed by atoms with van der Waals surface area (Å²) < 4.78 is 11.0. The SMILES string of the molecule is CCN(C(=O)OCC1c2ccccc2-c2ccccc21)C(C(=O)O)c1c(Cl)cccc1OC. The number of rotatable bonds is 7. The number of amides is 1. The average molecular weight is 466 g/mol. The highest BCUT2D eigenvalue weighted by Gasteiger charge is 2.36. The number of carboxylic acids is 1. The van der Waals surface area contributed by atoms with Gasteiger partial charge < -0.3 is 14.6 Å². The van der Waals surface area contributed by atoms with E-state index in [2.05, 4.69) is 12.1 Å². The van der Waals surface area contributed by atoms with E-state index in [1.165, 1.54) is 7.11 Å². The number of hydrogen-bond donors (Lipinski definition) is 1. The topological polar surface area (TPSA) is 76.1 Å². The van der Waals surface area contributed by atoms with Crippen LogP contribution in [0.5, 0.6) is 5.75 Å². The number of hydrogen-bond acceptors (Lipinski definition) is 4. The molecular formula is C26H24ClNO5. The van der Waals surface area contributed by atoms with Gasteiger partial charge in [-0.2, -0.15) is 0 Å². The van der Waals surface area contributed by atoms with E-state index in [1.54, 1.807) is 25.1 Å². The summed E-state index contributed by atoms with van der Waals surface area (Å²) in [6, 6.07) is 19.5. The lowest BCUT2D eigenvalue weighted by Crippen LogP contribution is -2.40. The van der Waals surface area contributed by atoms with Crippen molar-refractivity contribution in [2.45, 2.75) is 18.9 Å². The van der Waals surface area contributed by atoms with Crippen molar-refractivity contribution in [2.24, 2.45) is 0 Å². The number of methoxy groups -OCH3 is 1. The molecule has 0 spiro atoms. The molecule has 3 aromatic rings. The molecule has 1 atom stereocenters. The second-order valence-corrected chi connectivity index (χ2v) is 8.09. The van der Waals surface area contributed by atoms with Crippen LogP contribution in [0.4, 0.5) is 4.79 Å². The molecule has 6 nitrogen and oxygen atoms in total. The van der Waals surface area contributed by atoms with Crippen LogP contribution < -0.4 is 4.74 Å². The van der Waals surface area contributed by atoms with Crippen LogP contribution in [0.2, 0.25) is 5.02 Å². The first-order chi connectivity index (χ1) is 16.0. The molecule has 1 amide bonds. The van der Waals surface area contributed by atoms with Gasteiger partial charge in [0, 0.05) is 18.0 Å². The predicted octanol–water partition coefficient (Wildman–Crippen LogP) is 5.75. The number of aliphatic carboxylic acids is 1. The number of ether oxygens (including phenoxy) is 2. The summed E-state index contributed by atoms with van der Waals surface area (Å²) in [4.78, 5) is 26.5. The molecule has 4 rings (SSSR count). The first-order valence-corrected chi connectivity index (χ1v) is 11.0. The lowest BCUT2D eigenvalue weighted by Gasteiger charge is -2.29. The van der Waals surface area contributed by atoms with Crippen molar-refractivity contribution in [3.63, 3.8) is 0 Å². The lowest BCUT2D eigenvalue weighted by atomic mass is 9.98. The highest BCUT2D eigenvalue weighted by atomic mass is 35.5. The summed E-state index contributed by atoms with van der Waals surface area (Å²) in [5.74, 6) is -1.06. The Morgan fingerprint density at radius 1 is 1.00 bits per heavy atom. The summed E-state index contributed by atoms with van der Waals surface area (Å²) in [5.41, 5.74) is 4.61. The molecule has 170 valence electrons. The third-order valence-corrected chi connectivity index (χ3v) is 6.29.